The summed E-state index contributed by atoms with van der Waals surface area (Å²) in [6.07, 6.45) is 2.87. The van der Waals surface area contributed by atoms with Gasteiger partial charge in [0.2, 0.25) is 0 Å². The second-order valence-electron chi connectivity index (χ2n) is 4.15. The lowest BCUT2D eigenvalue weighted by Crippen LogP contribution is -2.10. The summed E-state index contributed by atoms with van der Waals surface area (Å²) in [6, 6.07) is 8.66. The fourth-order valence-corrected chi connectivity index (χ4v) is 2.58. The van der Waals surface area contributed by atoms with Gasteiger partial charge in [0.05, 0.1) is 22.3 Å². The van der Waals surface area contributed by atoms with Crippen LogP contribution in [0.5, 0.6) is 0 Å². The number of H-pyrrole nitrogens is 1. The van der Waals surface area contributed by atoms with Gasteiger partial charge < -0.3 is 5.32 Å². The molecule has 0 bridgehead atoms. The molecule has 0 aliphatic carbocycles. The zero-order valence-corrected chi connectivity index (χ0v) is 11.0. The van der Waals surface area contributed by atoms with E-state index in [0.717, 1.165) is 5.69 Å². The molecule has 96 valence electrons. The molecule has 0 aliphatic heterocycles. The second-order valence-corrected chi connectivity index (χ2v) is 6.13. The van der Waals surface area contributed by atoms with E-state index in [4.69, 9.17) is 0 Å². The molecule has 0 saturated carbocycles. The van der Waals surface area contributed by atoms with Gasteiger partial charge in [0.1, 0.15) is 0 Å². The van der Waals surface area contributed by atoms with Crippen LogP contribution in [0.1, 0.15) is 18.7 Å². The summed E-state index contributed by atoms with van der Waals surface area (Å²) in [7, 11) is -3.24. The quantitative estimate of drug-likeness (QED) is 0.886. The summed E-state index contributed by atoms with van der Waals surface area (Å²) in [6.45, 7) is 1.94. The zero-order chi connectivity index (χ0) is 13.2. The van der Waals surface area contributed by atoms with Crippen molar-refractivity contribution in [1.82, 2.24) is 10.2 Å². The molecule has 0 spiro atoms. The lowest BCUT2D eigenvalue weighted by molar-refractivity contribution is 0.602. The van der Waals surface area contributed by atoms with Crippen molar-refractivity contribution in [2.45, 2.75) is 17.9 Å². The number of hydrogen-bond acceptors (Lipinski definition) is 4. The Morgan fingerprint density at radius 3 is 2.61 bits per heavy atom. The van der Waals surface area contributed by atoms with E-state index in [0.29, 0.717) is 10.6 Å². The molecule has 1 heterocycles. The van der Waals surface area contributed by atoms with Crippen LogP contribution >= 0.6 is 0 Å². The number of rotatable bonds is 4. The van der Waals surface area contributed by atoms with Crippen LogP contribution in [-0.4, -0.2) is 24.9 Å². The Bertz CT molecular complexity index is 621. The number of nitrogens with one attached hydrogen (secondary N) is 2. The van der Waals surface area contributed by atoms with E-state index in [9.17, 15) is 8.42 Å². The van der Waals surface area contributed by atoms with Crippen LogP contribution in [0.3, 0.4) is 0 Å². The highest BCUT2D eigenvalue weighted by Gasteiger charge is 2.15. The van der Waals surface area contributed by atoms with Crippen molar-refractivity contribution in [1.29, 1.82) is 0 Å². The van der Waals surface area contributed by atoms with E-state index < -0.39 is 9.84 Å². The average Bonchev–Trinajstić information content (AvgIpc) is 2.81. The normalized spacial score (nSPS) is 13.2. The largest absolute Gasteiger partial charge is 0.376 e. The number of para-hydroxylation sites is 1. The van der Waals surface area contributed by atoms with Crippen LogP contribution in [0.15, 0.2) is 41.4 Å². The summed E-state index contributed by atoms with van der Waals surface area (Å²) >= 11 is 0. The van der Waals surface area contributed by atoms with E-state index in [1.54, 1.807) is 30.5 Å². The Balaban J connectivity index is 2.30. The van der Waals surface area contributed by atoms with Crippen LogP contribution in [0.25, 0.3) is 0 Å². The molecule has 2 rings (SSSR count). The molecule has 0 fully saturated rings. The first-order valence-corrected chi connectivity index (χ1v) is 7.42. The summed E-state index contributed by atoms with van der Waals surface area (Å²) < 4.78 is 23.3. The Morgan fingerprint density at radius 1 is 1.28 bits per heavy atom. The molecule has 2 aromatic rings. The van der Waals surface area contributed by atoms with Gasteiger partial charge in [-0.2, -0.15) is 5.10 Å². The first-order chi connectivity index (χ1) is 8.48. The molecule has 18 heavy (non-hydrogen) atoms. The molecular formula is C12H15N3O2S. The molecule has 0 amide bonds. The van der Waals surface area contributed by atoms with Gasteiger partial charge in [0, 0.05) is 12.5 Å². The van der Waals surface area contributed by atoms with Crippen molar-refractivity contribution >= 4 is 15.5 Å². The number of benzene rings is 1. The topological polar surface area (TPSA) is 74.8 Å². The molecule has 0 aliphatic rings. The lowest BCUT2D eigenvalue weighted by Gasteiger charge is -2.16. The molecule has 1 atom stereocenters. The van der Waals surface area contributed by atoms with Crippen molar-refractivity contribution in [2.75, 3.05) is 11.6 Å². The number of aromatic nitrogens is 2. The number of sulfone groups is 1. The van der Waals surface area contributed by atoms with Gasteiger partial charge in [0.15, 0.2) is 9.84 Å². The van der Waals surface area contributed by atoms with Gasteiger partial charge in [0.25, 0.3) is 0 Å². The maximum Gasteiger partial charge on any atom is 0.177 e. The van der Waals surface area contributed by atoms with Gasteiger partial charge >= 0.3 is 0 Å². The predicted octanol–water partition coefficient (Wildman–Crippen LogP) is 1.99. The highest BCUT2D eigenvalue weighted by molar-refractivity contribution is 7.90. The standard InChI is InChI=1S/C12H15N3O2S/c1-9(10-7-8-13-15-10)14-11-5-3-4-6-12(11)18(2,16)17/h3-9,14H,1-2H3,(H,13,15). The molecule has 5 nitrogen and oxygen atoms in total. The number of hydrogen-bond donors (Lipinski definition) is 2. The molecule has 6 heteroatoms. The first-order valence-electron chi connectivity index (χ1n) is 5.53. The molecule has 0 saturated heterocycles. The summed E-state index contributed by atoms with van der Waals surface area (Å²) in [4.78, 5) is 0.302. The van der Waals surface area contributed by atoms with Crippen molar-refractivity contribution in [2.24, 2.45) is 0 Å². The molecule has 0 radical (unpaired) electrons. The predicted molar refractivity (Wildman–Crippen MR) is 70.2 cm³/mol. The molecule has 2 N–H and O–H groups in total. The Labute approximate surface area is 106 Å². The fourth-order valence-electron chi connectivity index (χ4n) is 1.73. The number of anilines is 1. The Kier molecular flexibility index (Phi) is 3.38. The monoisotopic (exact) mass is 265 g/mol. The molecular weight excluding hydrogens is 250 g/mol. The van der Waals surface area contributed by atoms with Crippen LogP contribution in [0.2, 0.25) is 0 Å². The molecule has 1 aromatic carbocycles. The highest BCUT2D eigenvalue weighted by atomic mass is 32.2. The fraction of sp³-hybridized carbons (Fsp3) is 0.250. The van der Waals surface area contributed by atoms with Crippen LogP contribution < -0.4 is 5.32 Å². The third-order valence-electron chi connectivity index (χ3n) is 2.65. The smallest absolute Gasteiger partial charge is 0.177 e. The minimum Gasteiger partial charge on any atom is -0.376 e. The SMILES string of the molecule is CC(Nc1ccccc1S(C)(=O)=O)c1ccn[nH]1. The minimum absolute atomic E-state index is 0.0459. The van der Waals surface area contributed by atoms with E-state index in [2.05, 4.69) is 15.5 Å². The Hall–Kier alpha value is -1.82. The van der Waals surface area contributed by atoms with E-state index in [1.807, 2.05) is 13.0 Å². The minimum atomic E-state index is -3.24. The third-order valence-corrected chi connectivity index (χ3v) is 3.80. The van der Waals surface area contributed by atoms with Crippen LogP contribution in [0.4, 0.5) is 5.69 Å². The lowest BCUT2D eigenvalue weighted by atomic mass is 10.2. The molecule has 1 unspecified atom stereocenters. The van der Waals surface area contributed by atoms with Crippen molar-refractivity contribution in [3.63, 3.8) is 0 Å². The number of aromatic amines is 1. The third kappa shape index (κ3) is 2.70. The zero-order valence-electron chi connectivity index (χ0n) is 10.2. The summed E-state index contributed by atoms with van der Waals surface area (Å²) in [5.41, 5.74) is 1.50. The number of nitrogens with zero attached hydrogens (tertiary/aromatic N) is 1. The van der Waals surface area contributed by atoms with Gasteiger partial charge in [-0.25, -0.2) is 8.42 Å². The second kappa shape index (κ2) is 4.81. The van der Waals surface area contributed by atoms with Gasteiger partial charge in [-0.3, -0.25) is 5.10 Å². The van der Waals surface area contributed by atoms with Crippen molar-refractivity contribution in [3.05, 3.63) is 42.2 Å². The van der Waals surface area contributed by atoms with E-state index >= 15 is 0 Å². The van der Waals surface area contributed by atoms with Gasteiger partial charge in [-0.05, 0) is 25.1 Å². The molecule has 1 aromatic heterocycles. The van der Waals surface area contributed by atoms with Gasteiger partial charge in [-0.1, -0.05) is 12.1 Å². The highest BCUT2D eigenvalue weighted by Crippen LogP contribution is 2.24. The van der Waals surface area contributed by atoms with Crippen molar-refractivity contribution in [3.8, 4) is 0 Å². The summed E-state index contributed by atoms with van der Waals surface area (Å²) in [5, 5.41) is 9.90. The van der Waals surface area contributed by atoms with Crippen LogP contribution in [-0.2, 0) is 9.84 Å². The maximum absolute atomic E-state index is 11.7. The van der Waals surface area contributed by atoms with Gasteiger partial charge in [-0.15, -0.1) is 0 Å². The Morgan fingerprint density at radius 2 is 2.00 bits per heavy atom. The van der Waals surface area contributed by atoms with Crippen LogP contribution in [0, 0.1) is 0 Å². The summed E-state index contributed by atoms with van der Waals surface area (Å²) in [5.74, 6) is 0. The van der Waals surface area contributed by atoms with E-state index in [1.165, 1.54) is 6.26 Å². The van der Waals surface area contributed by atoms with Crippen molar-refractivity contribution < 1.29 is 8.42 Å². The van der Waals surface area contributed by atoms with E-state index in [-0.39, 0.29) is 6.04 Å². The first kappa shape index (κ1) is 12.6. The average molecular weight is 265 g/mol. The maximum atomic E-state index is 11.7.